The lowest BCUT2D eigenvalue weighted by Crippen LogP contribution is -2.27. The normalized spacial score (nSPS) is 20.2. The number of likely N-dealkylation sites (N-methyl/N-ethyl adjacent to an activating group) is 1. The first-order chi connectivity index (χ1) is 11.2. The van der Waals surface area contributed by atoms with E-state index in [2.05, 4.69) is 52.7 Å². The lowest BCUT2D eigenvalue weighted by atomic mass is 9.90. The molecule has 3 nitrogen and oxygen atoms in total. The first-order valence-corrected chi connectivity index (χ1v) is 8.45. The quantitative estimate of drug-likeness (QED) is 0.686. The first-order valence-electron chi connectivity index (χ1n) is 8.45. The molecule has 0 spiro atoms. The van der Waals surface area contributed by atoms with Crippen molar-refractivity contribution in [3.05, 3.63) is 64.6 Å². The largest absolute Gasteiger partial charge is 0.343 e. The summed E-state index contributed by atoms with van der Waals surface area (Å²) < 4.78 is 2.60. The molecule has 0 bridgehead atoms. The Morgan fingerprint density at radius 3 is 3.00 bits per heavy atom. The van der Waals surface area contributed by atoms with Gasteiger partial charge in [0, 0.05) is 55.4 Å². The SMILES string of the molecule is Cc1cc2c3c(c1)c1c(n3CC2c2cccnc2)CCN(C)C1. The maximum absolute atomic E-state index is 4.34. The number of aromatic nitrogens is 2. The fraction of sp³-hybridized carbons (Fsp3) is 0.350. The molecule has 116 valence electrons. The molecule has 0 fully saturated rings. The molecule has 0 N–H and O–H groups in total. The first kappa shape index (κ1) is 13.3. The van der Waals surface area contributed by atoms with Crippen LogP contribution in [0.15, 0.2) is 36.7 Å². The van der Waals surface area contributed by atoms with E-state index in [1.54, 1.807) is 11.3 Å². The summed E-state index contributed by atoms with van der Waals surface area (Å²) in [7, 11) is 2.23. The second kappa shape index (κ2) is 4.68. The van der Waals surface area contributed by atoms with Gasteiger partial charge in [0.25, 0.3) is 0 Å². The zero-order valence-electron chi connectivity index (χ0n) is 13.7. The smallest absolute Gasteiger partial charge is 0.0525 e. The highest BCUT2D eigenvalue weighted by Crippen LogP contribution is 2.43. The molecule has 2 aliphatic heterocycles. The minimum absolute atomic E-state index is 0.450. The van der Waals surface area contributed by atoms with Crippen LogP contribution in [0, 0.1) is 6.92 Å². The predicted octanol–water partition coefficient (Wildman–Crippen LogP) is 3.48. The molecule has 0 aliphatic carbocycles. The lowest BCUT2D eigenvalue weighted by Gasteiger charge is -2.25. The maximum atomic E-state index is 4.34. The minimum atomic E-state index is 0.450. The highest BCUT2D eigenvalue weighted by Gasteiger charge is 2.32. The van der Waals surface area contributed by atoms with E-state index >= 15 is 0 Å². The van der Waals surface area contributed by atoms with Crippen LogP contribution >= 0.6 is 0 Å². The lowest BCUT2D eigenvalue weighted by molar-refractivity contribution is 0.309. The van der Waals surface area contributed by atoms with Gasteiger partial charge in [0.1, 0.15) is 0 Å². The Morgan fingerprint density at radius 2 is 2.17 bits per heavy atom. The molecule has 1 unspecified atom stereocenters. The monoisotopic (exact) mass is 303 g/mol. The molecule has 3 aromatic rings. The van der Waals surface area contributed by atoms with E-state index in [4.69, 9.17) is 0 Å². The van der Waals surface area contributed by atoms with Crippen molar-refractivity contribution in [2.24, 2.45) is 0 Å². The third kappa shape index (κ3) is 1.83. The Hall–Kier alpha value is -2.13. The van der Waals surface area contributed by atoms with E-state index in [9.17, 15) is 0 Å². The molecule has 2 aliphatic rings. The molecular formula is C20H21N3. The molecule has 2 aromatic heterocycles. The number of pyridine rings is 1. The maximum Gasteiger partial charge on any atom is 0.0525 e. The zero-order valence-corrected chi connectivity index (χ0v) is 13.7. The standard InChI is InChI=1S/C20H21N3/c1-13-8-15-17(14-4-3-6-21-10-14)12-23-19-5-7-22(2)11-18(19)16(9-13)20(15)23/h3-4,6,8-10,17H,5,7,11-12H2,1-2H3. The fourth-order valence-corrected chi connectivity index (χ4v) is 4.51. The molecule has 0 amide bonds. The number of hydrogen-bond donors (Lipinski definition) is 0. The zero-order chi connectivity index (χ0) is 15.6. The summed E-state index contributed by atoms with van der Waals surface area (Å²) in [6.45, 7) is 5.54. The van der Waals surface area contributed by atoms with Gasteiger partial charge >= 0.3 is 0 Å². The van der Waals surface area contributed by atoms with Crippen LogP contribution in [-0.2, 0) is 19.5 Å². The van der Waals surface area contributed by atoms with Crippen molar-refractivity contribution in [3.63, 3.8) is 0 Å². The van der Waals surface area contributed by atoms with Gasteiger partial charge in [-0.15, -0.1) is 0 Å². The van der Waals surface area contributed by atoms with E-state index < -0.39 is 0 Å². The van der Waals surface area contributed by atoms with Crippen LogP contribution in [-0.4, -0.2) is 28.0 Å². The van der Waals surface area contributed by atoms with E-state index in [1.807, 2.05) is 12.4 Å². The Morgan fingerprint density at radius 1 is 1.26 bits per heavy atom. The van der Waals surface area contributed by atoms with Crippen LogP contribution in [0.3, 0.4) is 0 Å². The molecule has 3 heteroatoms. The number of benzene rings is 1. The molecule has 23 heavy (non-hydrogen) atoms. The second-order valence-electron chi connectivity index (χ2n) is 7.11. The molecule has 0 saturated carbocycles. The average molecular weight is 303 g/mol. The summed E-state index contributed by atoms with van der Waals surface area (Å²) in [5.41, 5.74) is 8.80. The summed E-state index contributed by atoms with van der Waals surface area (Å²) >= 11 is 0. The van der Waals surface area contributed by atoms with Crippen molar-refractivity contribution < 1.29 is 0 Å². The third-order valence-electron chi connectivity index (χ3n) is 5.54. The number of fused-ring (bicyclic) bond motifs is 3. The summed E-state index contributed by atoms with van der Waals surface area (Å²) in [5.74, 6) is 0.450. The Labute approximate surface area is 136 Å². The van der Waals surface area contributed by atoms with Crippen molar-refractivity contribution >= 4 is 10.9 Å². The average Bonchev–Trinajstić information content (AvgIpc) is 3.07. The van der Waals surface area contributed by atoms with Crippen molar-refractivity contribution in [1.82, 2.24) is 14.5 Å². The molecule has 0 saturated heterocycles. The van der Waals surface area contributed by atoms with Gasteiger partial charge in [-0.2, -0.15) is 0 Å². The molecule has 4 heterocycles. The van der Waals surface area contributed by atoms with Gasteiger partial charge < -0.3 is 9.47 Å². The fourth-order valence-electron chi connectivity index (χ4n) is 4.51. The molecule has 0 radical (unpaired) electrons. The second-order valence-corrected chi connectivity index (χ2v) is 7.11. The van der Waals surface area contributed by atoms with E-state index in [0.29, 0.717) is 5.92 Å². The van der Waals surface area contributed by atoms with Crippen molar-refractivity contribution in [2.75, 3.05) is 13.6 Å². The van der Waals surface area contributed by atoms with Crippen LogP contribution in [0.5, 0.6) is 0 Å². The van der Waals surface area contributed by atoms with Crippen LogP contribution in [0.2, 0.25) is 0 Å². The van der Waals surface area contributed by atoms with Gasteiger partial charge in [-0.3, -0.25) is 4.98 Å². The van der Waals surface area contributed by atoms with Gasteiger partial charge in [0.05, 0.1) is 5.52 Å². The van der Waals surface area contributed by atoms with Gasteiger partial charge in [-0.25, -0.2) is 0 Å². The Kier molecular flexibility index (Phi) is 2.71. The highest BCUT2D eigenvalue weighted by atomic mass is 15.1. The number of aryl methyl sites for hydroxylation is 1. The minimum Gasteiger partial charge on any atom is -0.343 e. The molecule has 1 atom stereocenters. The van der Waals surface area contributed by atoms with Gasteiger partial charge in [0.2, 0.25) is 0 Å². The molecule has 1 aromatic carbocycles. The summed E-state index contributed by atoms with van der Waals surface area (Å²) in [6.07, 6.45) is 5.06. The number of hydrogen-bond acceptors (Lipinski definition) is 2. The van der Waals surface area contributed by atoms with Crippen LogP contribution < -0.4 is 0 Å². The van der Waals surface area contributed by atoms with Gasteiger partial charge in [-0.1, -0.05) is 17.7 Å². The highest BCUT2D eigenvalue weighted by molar-refractivity contribution is 5.91. The topological polar surface area (TPSA) is 21.1 Å². The Bertz CT molecular complexity index is 908. The summed E-state index contributed by atoms with van der Waals surface area (Å²) in [5, 5.41) is 1.48. The van der Waals surface area contributed by atoms with Gasteiger partial charge in [0.15, 0.2) is 0 Å². The number of rotatable bonds is 1. The molecule has 5 rings (SSSR count). The van der Waals surface area contributed by atoms with Crippen molar-refractivity contribution in [3.8, 4) is 0 Å². The van der Waals surface area contributed by atoms with E-state index in [1.165, 1.54) is 34.0 Å². The van der Waals surface area contributed by atoms with Crippen LogP contribution in [0.4, 0.5) is 0 Å². The van der Waals surface area contributed by atoms with E-state index in [0.717, 1.165) is 19.6 Å². The molecular weight excluding hydrogens is 282 g/mol. The van der Waals surface area contributed by atoms with Crippen molar-refractivity contribution in [1.29, 1.82) is 0 Å². The number of nitrogens with zero attached hydrogens (tertiary/aromatic N) is 3. The van der Waals surface area contributed by atoms with Gasteiger partial charge in [-0.05, 0) is 42.8 Å². The van der Waals surface area contributed by atoms with Crippen LogP contribution in [0.25, 0.3) is 10.9 Å². The predicted molar refractivity (Wildman–Crippen MR) is 92.8 cm³/mol. The van der Waals surface area contributed by atoms with Crippen LogP contribution in [0.1, 0.15) is 33.9 Å². The summed E-state index contributed by atoms with van der Waals surface area (Å²) in [4.78, 5) is 6.78. The summed E-state index contributed by atoms with van der Waals surface area (Å²) in [6, 6.07) is 9.05. The van der Waals surface area contributed by atoms with E-state index in [-0.39, 0.29) is 0 Å². The Balaban J connectivity index is 1.77. The van der Waals surface area contributed by atoms with Crippen molar-refractivity contribution in [2.45, 2.75) is 32.4 Å². The third-order valence-corrected chi connectivity index (χ3v) is 5.54.